The molecule has 0 atom stereocenters. The number of alkyl halides is 1. The molecule has 0 fully saturated rings. The molecule has 0 saturated carbocycles. The van der Waals surface area contributed by atoms with Gasteiger partial charge in [-0.15, -0.1) is 0 Å². The molecule has 0 saturated heterocycles. The van der Waals surface area contributed by atoms with Gasteiger partial charge in [-0.2, -0.15) is 5.10 Å². The molecule has 92 valence electrons. The fourth-order valence-electron chi connectivity index (χ4n) is 1.68. The highest BCUT2D eigenvalue weighted by atomic mass is 79.9. The van der Waals surface area contributed by atoms with E-state index in [4.69, 9.17) is 0 Å². The van der Waals surface area contributed by atoms with Gasteiger partial charge in [0.25, 0.3) is 5.56 Å². The quantitative estimate of drug-likeness (QED) is 0.808. The van der Waals surface area contributed by atoms with Crippen molar-refractivity contribution in [3.8, 4) is 0 Å². The number of aromatic nitrogens is 4. The predicted octanol–water partition coefficient (Wildman–Crippen LogP) is 1.55. The third-order valence-electron chi connectivity index (χ3n) is 2.68. The first kappa shape index (κ1) is 12.3. The van der Waals surface area contributed by atoms with E-state index in [-0.39, 0.29) is 11.0 Å². The van der Waals surface area contributed by atoms with Gasteiger partial charge in [-0.1, -0.05) is 29.8 Å². The second kappa shape index (κ2) is 4.25. The molecule has 0 N–H and O–H groups in total. The Balaban J connectivity index is 2.50. The van der Waals surface area contributed by atoms with Crippen LogP contribution in [0, 0.1) is 5.41 Å². The lowest BCUT2D eigenvalue weighted by Crippen LogP contribution is -2.29. The maximum atomic E-state index is 12.2. The highest BCUT2D eigenvalue weighted by Crippen LogP contribution is 2.20. The average Bonchev–Trinajstić information content (AvgIpc) is 2.65. The van der Waals surface area contributed by atoms with Gasteiger partial charge in [0.15, 0.2) is 5.65 Å². The van der Waals surface area contributed by atoms with Crippen molar-refractivity contribution in [2.75, 3.05) is 5.33 Å². The lowest BCUT2D eigenvalue weighted by molar-refractivity contribution is 0.348. The number of aryl methyl sites for hydroxylation is 1. The van der Waals surface area contributed by atoms with Gasteiger partial charge < -0.3 is 0 Å². The summed E-state index contributed by atoms with van der Waals surface area (Å²) in [5, 5.41) is 5.45. The van der Waals surface area contributed by atoms with Crippen molar-refractivity contribution >= 4 is 27.0 Å². The molecular weight excluding hydrogens is 284 g/mol. The molecule has 5 nitrogen and oxygen atoms in total. The van der Waals surface area contributed by atoms with E-state index in [2.05, 4.69) is 39.9 Å². The topological polar surface area (TPSA) is 52.7 Å². The molecule has 0 aliphatic rings. The summed E-state index contributed by atoms with van der Waals surface area (Å²) >= 11 is 3.45. The maximum absolute atomic E-state index is 12.2. The van der Waals surface area contributed by atoms with E-state index in [1.54, 1.807) is 28.8 Å². The molecule has 0 radical (unpaired) electrons. The molecular formula is C11H15BrN4O. The standard InChI is InChI=1S/C11H15BrN4O/c1-11(2,5-12)6-16-7-13-9-8(10(16)17)4-14-15(9)3/h4,7H,5-6H2,1-3H3. The fraction of sp³-hybridized carbons (Fsp3) is 0.545. The van der Waals surface area contributed by atoms with Gasteiger partial charge in [-0.25, -0.2) is 4.98 Å². The molecule has 0 bridgehead atoms. The van der Waals surface area contributed by atoms with Crippen LogP contribution in [0.15, 0.2) is 17.3 Å². The predicted molar refractivity (Wildman–Crippen MR) is 70.3 cm³/mol. The summed E-state index contributed by atoms with van der Waals surface area (Å²) in [6.45, 7) is 4.83. The Labute approximate surface area is 108 Å². The molecule has 0 unspecified atom stereocenters. The Kier molecular flexibility index (Phi) is 3.07. The van der Waals surface area contributed by atoms with Crippen molar-refractivity contribution in [2.45, 2.75) is 20.4 Å². The molecule has 2 aromatic rings. The number of hydrogen-bond donors (Lipinski definition) is 0. The number of nitrogens with zero attached hydrogens (tertiary/aromatic N) is 4. The summed E-state index contributed by atoms with van der Waals surface area (Å²) in [5.74, 6) is 0. The summed E-state index contributed by atoms with van der Waals surface area (Å²) in [6, 6.07) is 0. The molecule has 0 aromatic carbocycles. The smallest absolute Gasteiger partial charge is 0.264 e. The monoisotopic (exact) mass is 298 g/mol. The van der Waals surface area contributed by atoms with Gasteiger partial charge in [0.2, 0.25) is 0 Å². The second-order valence-corrected chi connectivity index (χ2v) is 5.54. The normalized spacial score (nSPS) is 12.2. The zero-order valence-electron chi connectivity index (χ0n) is 10.1. The van der Waals surface area contributed by atoms with E-state index >= 15 is 0 Å². The van der Waals surface area contributed by atoms with Crippen LogP contribution in [-0.2, 0) is 13.6 Å². The van der Waals surface area contributed by atoms with Crippen LogP contribution in [-0.4, -0.2) is 24.7 Å². The minimum Gasteiger partial charge on any atom is -0.298 e. The summed E-state index contributed by atoms with van der Waals surface area (Å²) in [7, 11) is 1.78. The molecule has 17 heavy (non-hydrogen) atoms. The largest absolute Gasteiger partial charge is 0.298 e. The fourth-order valence-corrected chi connectivity index (χ4v) is 1.86. The number of fused-ring (bicyclic) bond motifs is 1. The molecule has 0 spiro atoms. The molecule has 0 aliphatic heterocycles. The first-order valence-electron chi connectivity index (χ1n) is 5.38. The first-order chi connectivity index (χ1) is 7.94. The van der Waals surface area contributed by atoms with E-state index in [0.29, 0.717) is 17.6 Å². The van der Waals surface area contributed by atoms with Crippen molar-refractivity contribution in [3.63, 3.8) is 0 Å². The molecule has 2 rings (SSSR count). The molecule has 0 amide bonds. The Bertz CT molecular complexity index is 599. The van der Waals surface area contributed by atoms with Gasteiger partial charge in [-0.3, -0.25) is 14.0 Å². The molecule has 2 aromatic heterocycles. The zero-order chi connectivity index (χ0) is 12.6. The van der Waals surface area contributed by atoms with Crippen LogP contribution in [0.3, 0.4) is 0 Å². The Morgan fingerprint density at radius 1 is 1.47 bits per heavy atom. The number of rotatable bonds is 3. The van der Waals surface area contributed by atoms with Crippen molar-refractivity contribution in [2.24, 2.45) is 12.5 Å². The van der Waals surface area contributed by atoms with Gasteiger partial charge >= 0.3 is 0 Å². The number of halogens is 1. The van der Waals surface area contributed by atoms with Crippen LogP contribution < -0.4 is 5.56 Å². The van der Waals surface area contributed by atoms with Crippen molar-refractivity contribution < 1.29 is 0 Å². The Morgan fingerprint density at radius 2 is 2.18 bits per heavy atom. The highest BCUT2D eigenvalue weighted by Gasteiger charge is 2.18. The third-order valence-corrected chi connectivity index (χ3v) is 4.20. The Morgan fingerprint density at radius 3 is 2.82 bits per heavy atom. The van der Waals surface area contributed by atoms with Crippen molar-refractivity contribution in [1.82, 2.24) is 19.3 Å². The van der Waals surface area contributed by atoms with Crippen LogP contribution in [0.1, 0.15) is 13.8 Å². The molecule has 2 heterocycles. The summed E-state index contributed by atoms with van der Waals surface area (Å²) in [6.07, 6.45) is 3.17. The van der Waals surface area contributed by atoms with Gasteiger partial charge in [0, 0.05) is 18.9 Å². The van der Waals surface area contributed by atoms with Crippen LogP contribution in [0.2, 0.25) is 0 Å². The van der Waals surface area contributed by atoms with E-state index in [1.807, 2.05) is 0 Å². The van der Waals surface area contributed by atoms with E-state index in [1.165, 1.54) is 0 Å². The van der Waals surface area contributed by atoms with Crippen molar-refractivity contribution in [3.05, 3.63) is 22.9 Å². The minimum atomic E-state index is -0.0304. The number of hydrogen-bond acceptors (Lipinski definition) is 3. The summed E-state index contributed by atoms with van der Waals surface area (Å²) in [4.78, 5) is 16.5. The van der Waals surface area contributed by atoms with Crippen LogP contribution in [0.25, 0.3) is 11.0 Å². The first-order valence-corrected chi connectivity index (χ1v) is 6.50. The molecule has 6 heteroatoms. The van der Waals surface area contributed by atoms with Crippen LogP contribution in [0.5, 0.6) is 0 Å². The average molecular weight is 299 g/mol. The lowest BCUT2D eigenvalue weighted by atomic mass is 9.97. The second-order valence-electron chi connectivity index (χ2n) is 4.98. The van der Waals surface area contributed by atoms with Crippen LogP contribution >= 0.6 is 15.9 Å². The van der Waals surface area contributed by atoms with Gasteiger partial charge in [0.1, 0.15) is 5.39 Å². The minimum absolute atomic E-state index is 0.0153. The van der Waals surface area contributed by atoms with E-state index in [9.17, 15) is 4.79 Å². The van der Waals surface area contributed by atoms with Gasteiger partial charge in [-0.05, 0) is 5.41 Å². The van der Waals surface area contributed by atoms with E-state index < -0.39 is 0 Å². The molecule has 0 aliphatic carbocycles. The SMILES string of the molecule is Cn1ncc2c(=O)n(CC(C)(C)CBr)cnc21. The lowest BCUT2D eigenvalue weighted by Gasteiger charge is -2.22. The third kappa shape index (κ3) is 2.26. The highest BCUT2D eigenvalue weighted by molar-refractivity contribution is 9.09. The van der Waals surface area contributed by atoms with Crippen molar-refractivity contribution in [1.29, 1.82) is 0 Å². The Hall–Kier alpha value is -1.17. The van der Waals surface area contributed by atoms with E-state index in [0.717, 1.165) is 5.33 Å². The zero-order valence-corrected chi connectivity index (χ0v) is 11.7. The van der Waals surface area contributed by atoms with Gasteiger partial charge in [0.05, 0.1) is 12.5 Å². The van der Waals surface area contributed by atoms with Crippen LogP contribution in [0.4, 0.5) is 0 Å². The maximum Gasteiger partial charge on any atom is 0.264 e. The summed E-state index contributed by atoms with van der Waals surface area (Å²) < 4.78 is 3.25. The summed E-state index contributed by atoms with van der Waals surface area (Å²) in [5.41, 5.74) is 0.613.